The van der Waals surface area contributed by atoms with Gasteiger partial charge in [-0.05, 0) is 36.4 Å². The second-order valence-corrected chi connectivity index (χ2v) is 6.23. The Labute approximate surface area is 156 Å². The number of hydrogen-bond acceptors (Lipinski definition) is 4. The molecule has 0 aromatic heterocycles. The van der Waals surface area contributed by atoms with Crippen LogP contribution in [0.3, 0.4) is 0 Å². The SMILES string of the molecule is COc1ccc(OCCN2CC(C(=O)Nc3ccccc3F)CC2=O)cc1. The molecule has 7 heteroatoms. The molecule has 0 radical (unpaired) electrons. The van der Waals surface area contributed by atoms with E-state index in [1.54, 1.807) is 48.4 Å². The van der Waals surface area contributed by atoms with Gasteiger partial charge in [0.1, 0.15) is 23.9 Å². The van der Waals surface area contributed by atoms with Gasteiger partial charge in [-0.2, -0.15) is 0 Å². The number of likely N-dealkylation sites (tertiary alicyclic amines) is 1. The van der Waals surface area contributed by atoms with Crippen LogP contribution in [0.15, 0.2) is 48.5 Å². The molecule has 142 valence electrons. The van der Waals surface area contributed by atoms with Crippen molar-refractivity contribution in [3.8, 4) is 11.5 Å². The maximum atomic E-state index is 13.6. The second kappa shape index (κ2) is 8.53. The number of halogens is 1. The minimum Gasteiger partial charge on any atom is -0.497 e. The maximum Gasteiger partial charge on any atom is 0.229 e. The van der Waals surface area contributed by atoms with Gasteiger partial charge in [-0.3, -0.25) is 9.59 Å². The van der Waals surface area contributed by atoms with E-state index >= 15 is 0 Å². The van der Waals surface area contributed by atoms with E-state index in [0.717, 1.165) is 5.75 Å². The van der Waals surface area contributed by atoms with Crippen molar-refractivity contribution in [2.24, 2.45) is 5.92 Å². The van der Waals surface area contributed by atoms with Crippen molar-refractivity contribution in [1.29, 1.82) is 0 Å². The smallest absolute Gasteiger partial charge is 0.229 e. The van der Waals surface area contributed by atoms with Crippen molar-refractivity contribution in [3.05, 3.63) is 54.3 Å². The summed E-state index contributed by atoms with van der Waals surface area (Å²) >= 11 is 0. The molecule has 1 N–H and O–H groups in total. The Balaban J connectivity index is 1.48. The van der Waals surface area contributed by atoms with E-state index in [-0.39, 0.29) is 23.9 Å². The van der Waals surface area contributed by atoms with E-state index in [1.165, 1.54) is 12.1 Å². The predicted molar refractivity (Wildman–Crippen MR) is 98.2 cm³/mol. The van der Waals surface area contributed by atoms with E-state index in [0.29, 0.717) is 25.4 Å². The molecule has 0 aliphatic carbocycles. The zero-order valence-corrected chi connectivity index (χ0v) is 15.0. The summed E-state index contributed by atoms with van der Waals surface area (Å²) in [5.41, 5.74) is 0.122. The Kier molecular flexibility index (Phi) is 5.90. The fourth-order valence-electron chi connectivity index (χ4n) is 2.91. The van der Waals surface area contributed by atoms with Crippen molar-refractivity contribution >= 4 is 17.5 Å². The third-order valence-electron chi connectivity index (χ3n) is 4.41. The summed E-state index contributed by atoms with van der Waals surface area (Å²) in [6.45, 7) is 0.999. The Morgan fingerprint density at radius 1 is 1.19 bits per heavy atom. The van der Waals surface area contributed by atoms with Gasteiger partial charge < -0.3 is 19.7 Å². The number of ether oxygens (including phenoxy) is 2. The number of methoxy groups -OCH3 is 1. The summed E-state index contributed by atoms with van der Waals surface area (Å²) in [5.74, 6) is -0.0517. The molecule has 2 aromatic carbocycles. The minimum absolute atomic E-state index is 0.109. The summed E-state index contributed by atoms with van der Waals surface area (Å²) in [6, 6.07) is 13.1. The lowest BCUT2D eigenvalue weighted by Gasteiger charge is -2.17. The van der Waals surface area contributed by atoms with Crippen molar-refractivity contribution in [2.75, 3.05) is 32.1 Å². The highest BCUT2D eigenvalue weighted by molar-refractivity contribution is 5.97. The van der Waals surface area contributed by atoms with Gasteiger partial charge in [-0.15, -0.1) is 0 Å². The van der Waals surface area contributed by atoms with Crippen molar-refractivity contribution in [3.63, 3.8) is 0 Å². The van der Waals surface area contributed by atoms with Crippen LogP contribution in [0, 0.1) is 11.7 Å². The molecule has 1 fully saturated rings. The van der Waals surface area contributed by atoms with Crippen LogP contribution in [-0.2, 0) is 9.59 Å². The average molecular weight is 372 g/mol. The molecular weight excluding hydrogens is 351 g/mol. The van der Waals surface area contributed by atoms with Crippen LogP contribution in [0.1, 0.15) is 6.42 Å². The Morgan fingerprint density at radius 3 is 2.59 bits per heavy atom. The number of anilines is 1. The molecule has 6 nitrogen and oxygen atoms in total. The maximum absolute atomic E-state index is 13.6. The van der Waals surface area contributed by atoms with Gasteiger partial charge in [-0.25, -0.2) is 4.39 Å². The second-order valence-electron chi connectivity index (χ2n) is 6.23. The monoisotopic (exact) mass is 372 g/mol. The van der Waals surface area contributed by atoms with Crippen molar-refractivity contribution in [2.45, 2.75) is 6.42 Å². The predicted octanol–water partition coefficient (Wildman–Crippen LogP) is 2.70. The van der Waals surface area contributed by atoms with Crippen molar-refractivity contribution < 1.29 is 23.5 Å². The summed E-state index contributed by atoms with van der Waals surface area (Å²) in [6.07, 6.45) is 0.114. The molecule has 0 spiro atoms. The highest BCUT2D eigenvalue weighted by Gasteiger charge is 2.34. The first kappa shape index (κ1) is 18.7. The fraction of sp³-hybridized carbons (Fsp3) is 0.300. The van der Waals surface area contributed by atoms with Crippen LogP contribution in [0.2, 0.25) is 0 Å². The molecule has 2 amide bonds. The van der Waals surface area contributed by atoms with Crippen LogP contribution in [-0.4, -0.2) is 43.5 Å². The number of benzene rings is 2. The lowest BCUT2D eigenvalue weighted by molar-refractivity contribution is -0.128. The normalized spacial score (nSPS) is 16.3. The molecular formula is C20H21FN2O4. The highest BCUT2D eigenvalue weighted by atomic mass is 19.1. The first-order valence-electron chi connectivity index (χ1n) is 8.67. The molecule has 1 unspecified atom stereocenters. The van der Waals surface area contributed by atoms with E-state index in [9.17, 15) is 14.0 Å². The van der Waals surface area contributed by atoms with Gasteiger partial charge in [0.2, 0.25) is 11.8 Å². The Hall–Kier alpha value is -3.09. The number of hydrogen-bond donors (Lipinski definition) is 1. The summed E-state index contributed by atoms with van der Waals surface area (Å²) in [4.78, 5) is 26.0. The molecule has 1 atom stereocenters. The molecule has 0 saturated carbocycles. The van der Waals surface area contributed by atoms with Crippen LogP contribution in [0.4, 0.5) is 10.1 Å². The van der Waals surface area contributed by atoms with Crippen molar-refractivity contribution in [1.82, 2.24) is 4.90 Å². The van der Waals surface area contributed by atoms with Crippen LogP contribution < -0.4 is 14.8 Å². The molecule has 1 heterocycles. The van der Waals surface area contributed by atoms with E-state index in [2.05, 4.69) is 5.32 Å². The van der Waals surface area contributed by atoms with E-state index in [1.807, 2.05) is 0 Å². The molecule has 3 rings (SSSR count). The molecule has 1 aliphatic heterocycles. The summed E-state index contributed by atoms with van der Waals surface area (Å²) in [5, 5.41) is 2.55. The number of amides is 2. The van der Waals surface area contributed by atoms with E-state index in [4.69, 9.17) is 9.47 Å². The zero-order chi connectivity index (χ0) is 19.2. The highest BCUT2D eigenvalue weighted by Crippen LogP contribution is 2.21. The third kappa shape index (κ3) is 4.75. The molecule has 0 bridgehead atoms. The Morgan fingerprint density at radius 2 is 1.89 bits per heavy atom. The third-order valence-corrected chi connectivity index (χ3v) is 4.41. The number of nitrogens with one attached hydrogen (secondary N) is 1. The lowest BCUT2D eigenvalue weighted by Crippen LogP contribution is -2.31. The van der Waals surface area contributed by atoms with Gasteiger partial charge in [0.05, 0.1) is 25.3 Å². The number of carbonyl (C=O) groups excluding carboxylic acids is 2. The summed E-state index contributed by atoms with van der Waals surface area (Å²) in [7, 11) is 1.59. The molecule has 27 heavy (non-hydrogen) atoms. The van der Waals surface area contributed by atoms with Crippen LogP contribution in [0.25, 0.3) is 0 Å². The van der Waals surface area contributed by atoms with Gasteiger partial charge in [0.25, 0.3) is 0 Å². The van der Waals surface area contributed by atoms with Crippen LogP contribution in [0.5, 0.6) is 11.5 Å². The zero-order valence-electron chi connectivity index (χ0n) is 15.0. The number of para-hydroxylation sites is 1. The molecule has 2 aromatic rings. The standard InChI is InChI=1S/C20H21FN2O4/c1-26-15-6-8-16(9-7-15)27-11-10-23-13-14(12-19(23)24)20(25)22-18-5-3-2-4-17(18)21/h2-9,14H,10-13H2,1H3,(H,22,25). The fourth-order valence-corrected chi connectivity index (χ4v) is 2.91. The minimum atomic E-state index is -0.502. The molecule has 1 aliphatic rings. The first-order valence-corrected chi connectivity index (χ1v) is 8.67. The van der Waals surface area contributed by atoms with Gasteiger partial charge in [-0.1, -0.05) is 12.1 Å². The lowest BCUT2D eigenvalue weighted by atomic mass is 10.1. The van der Waals surface area contributed by atoms with Gasteiger partial charge in [0, 0.05) is 13.0 Å². The average Bonchev–Trinajstić information content (AvgIpc) is 3.05. The summed E-state index contributed by atoms with van der Waals surface area (Å²) < 4.78 is 24.4. The largest absolute Gasteiger partial charge is 0.497 e. The Bertz CT molecular complexity index is 810. The first-order chi connectivity index (χ1) is 13.1. The van der Waals surface area contributed by atoms with Gasteiger partial charge in [0.15, 0.2) is 0 Å². The molecule has 1 saturated heterocycles. The topological polar surface area (TPSA) is 67.9 Å². The number of nitrogens with zero attached hydrogens (tertiary/aromatic N) is 1. The van der Waals surface area contributed by atoms with E-state index < -0.39 is 11.7 Å². The number of rotatable bonds is 7. The number of carbonyl (C=O) groups is 2. The quantitative estimate of drug-likeness (QED) is 0.812. The van der Waals surface area contributed by atoms with Crippen LogP contribution >= 0.6 is 0 Å². The van der Waals surface area contributed by atoms with Gasteiger partial charge >= 0.3 is 0 Å².